The van der Waals surface area contributed by atoms with Gasteiger partial charge < -0.3 is 20.1 Å². The SMILES string of the molecule is Cc1nc(CNC2CCN(CCn3c(=O)ccc4ccc(F)cc43)CC2)nc2c1CCC(=O)N2. The Kier molecular flexibility index (Phi) is 6.38. The van der Waals surface area contributed by atoms with Gasteiger partial charge in [0.05, 0.1) is 12.1 Å². The van der Waals surface area contributed by atoms with Crippen molar-refractivity contribution in [1.29, 1.82) is 0 Å². The van der Waals surface area contributed by atoms with Crippen molar-refractivity contribution >= 4 is 22.6 Å². The number of amides is 1. The summed E-state index contributed by atoms with van der Waals surface area (Å²) in [7, 11) is 0. The number of anilines is 1. The van der Waals surface area contributed by atoms with E-state index in [4.69, 9.17) is 0 Å². The molecule has 0 spiro atoms. The van der Waals surface area contributed by atoms with E-state index >= 15 is 0 Å². The molecule has 2 aromatic heterocycles. The lowest BCUT2D eigenvalue weighted by Gasteiger charge is -2.32. The van der Waals surface area contributed by atoms with Gasteiger partial charge in [-0.25, -0.2) is 14.4 Å². The molecule has 1 saturated heterocycles. The van der Waals surface area contributed by atoms with Gasteiger partial charge in [0.25, 0.3) is 5.56 Å². The van der Waals surface area contributed by atoms with Crippen molar-refractivity contribution in [2.45, 2.75) is 51.7 Å². The Morgan fingerprint density at radius 1 is 1.09 bits per heavy atom. The molecule has 5 rings (SSSR count). The van der Waals surface area contributed by atoms with Crippen LogP contribution < -0.4 is 16.2 Å². The number of carbonyl (C=O) groups is 1. The van der Waals surface area contributed by atoms with E-state index in [9.17, 15) is 14.0 Å². The third-order valence-corrected chi connectivity index (χ3v) is 6.85. The van der Waals surface area contributed by atoms with Crippen molar-refractivity contribution in [1.82, 2.24) is 24.8 Å². The number of halogens is 1. The molecule has 2 aliphatic heterocycles. The molecule has 4 heterocycles. The number of carbonyl (C=O) groups excluding carboxylic acids is 1. The third kappa shape index (κ3) is 4.85. The molecule has 34 heavy (non-hydrogen) atoms. The van der Waals surface area contributed by atoms with Crippen molar-refractivity contribution in [2.24, 2.45) is 0 Å². The molecule has 1 fully saturated rings. The highest BCUT2D eigenvalue weighted by Gasteiger charge is 2.22. The van der Waals surface area contributed by atoms with Crippen LogP contribution in [0.15, 0.2) is 35.1 Å². The van der Waals surface area contributed by atoms with E-state index in [0.29, 0.717) is 49.1 Å². The highest BCUT2D eigenvalue weighted by atomic mass is 19.1. The summed E-state index contributed by atoms with van der Waals surface area (Å²) >= 11 is 0. The number of hydrogen-bond donors (Lipinski definition) is 2. The van der Waals surface area contributed by atoms with Crippen molar-refractivity contribution in [3.63, 3.8) is 0 Å². The molecular formula is C25H29FN6O2. The van der Waals surface area contributed by atoms with Crippen LogP contribution in [0.1, 0.15) is 36.3 Å². The lowest BCUT2D eigenvalue weighted by molar-refractivity contribution is -0.116. The number of hydrogen-bond acceptors (Lipinski definition) is 6. The smallest absolute Gasteiger partial charge is 0.251 e. The summed E-state index contributed by atoms with van der Waals surface area (Å²) in [6, 6.07) is 8.21. The Hall–Kier alpha value is -3.17. The third-order valence-electron chi connectivity index (χ3n) is 6.85. The molecule has 0 saturated carbocycles. The first-order valence-electron chi connectivity index (χ1n) is 11.9. The maximum Gasteiger partial charge on any atom is 0.251 e. The maximum atomic E-state index is 13.7. The summed E-state index contributed by atoms with van der Waals surface area (Å²) in [6.45, 7) is 5.65. The number of nitrogens with one attached hydrogen (secondary N) is 2. The quantitative estimate of drug-likeness (QED) is 0.582. The molecule has 0 unspecified atom stereocenters. The summed E-state index contributed by atoms with van der Waals surface area (Å²) in [5.74, 6) is 1.02. The van der Waals surface area contributed by atoms with Crippen LogP contribution >= 0.6 is 0 Å². The molecule has 178 valence electrons. The van der Waals surface area contributed by atoms with E-state index in [-0.39, 0.29) is 17.3 Å². The number of pyridine rings is 1. The van der Waals surface area contributed by atoms with Gasteiger partial charge in [0.2, 0.25) is 5.91 Å². The first-order chi connectivity index (χ1) is 16.5. The Bertz CT molecular complexity index is 1280. The number of likely N-dealkylation sites (tertiary alicyclic amines) is 1. The molecule has 0 atom stereocenters. The van der Waals surface area contributed by atoms with Gasteiger partial charge in [-0.05, 0) is 68.9 Å². The normalized spacial score (nSPS) is 17.1. The van der Waals surface area contributed by atoms with Crippen molar-refractivity contribution in [3.8, 4) is 0 Å². The Balaban J connectivity index is 1.14. The minimum Gasteiger partial charge on any atom is -0.310 e. The molecule has 2 aliphatic rings. The van der Waals surface area contributed by atoms with Gasteiger partial charge in [-0.3, -0.25) is 9.59 Å². The number of aromatic nitrogens is 3. The van der Waals surface area contributed by atoms with E-state index in [1.54, 1.807) is 22.8 Å². The molecule has 8 nitrogen and oxygen atoms in total. The monoisotopic (exact) mass is 464 g/mol. The number of benzene rings is 1. The second-order valence-electron chi connectivity index (χ2n) is 9.12. The number of fused-ring (bicyclic) bond motifs is 2. The van der Waals surface area contributed by atoms with Crippen LogP contribution in [0.5, 0.6) is 0 Å². The van der Waals surface area contributed by atoms with Gasteiger partial charge in [0.15, 0.2) is 0 Å². The molecular weight excluding hydrogens is 435 g/mol. The van der Waals surface area contributed by atoms with Crippen molar-refractivity contribution < 1.29 is 9.18 Å². The zero-order valence-electron chi connectivity index (χ0n) is 19.3. The van der Waals surface area contributed by atoms with Gasteiger partial charge in [0.1, 0.15) is 17.5 Å². The predicted octanol–water partition coefficient (Wildman–Crippen LogP) is 2.38. The molecule has 2 N–H and O–H groups in total. The van der Waals surface area contributed by atoms with Gasteiger partial charge in [0, 0.05) is 42.9 Å². The Morgan fingerprint density at radius 2 is 1.88 bits per heavy atom. The Morgan fingerprint density at radius 3 is 2.71 bits per heavy atom. The summed E-state index contributed by atoms with van der Waals surface area (Å²) in [4.78, 5) is 35.6. The fourth-order valence-corrected chi connectivity index (χ4v) is 4.90. The lowest BCUT2D eigenvalue weighted by atomic mass is 10.0. The molecule has 9 heteroatoms. The lowest BCUT2D eigenvalue weighted by Crippen LogP contribution is -2.43. The van der Waals surface area contributed by atoms with Crippen LogP contribution in [0.3, 0.4) is 0 Å². The van der Waals surface area contributed by atoms with Crippen LogP contribution in [0, 0.1) is 12.7 Å². The molecule has 0 bridgehead atoms. The predicted molar refractivity (Wildman–Crippen MR) is 128 cm³/mol. The molecule has 1 aromatic carbocycles. The standard InChI is InChI=1S/C25H29FN6O2/c1-16-20-5-6-23(33)30-25(20)29-22(28-16)15-27-19-8-10-31(11-9-19)12-13-32-21-14-18(26)4-2-17(21)3-7-24(32)34/h2-4,7,14,19,27H,5-6,8-13,15H2,1H3,(H,28,29,30,33). The average Bonchev–Trinajstić information content (AvgIpc) is 2.82. The highest BCUT2D eigenvalue weighted by molar-refractivity contribution is 5.92. The molecule has 0 aliphatic carbocycles. The number of nitrogens with zero attached hydrogens (tertiary/aromatic N) is 4. The van der Waals surface area contributed by atoms with Crippen LogP contribution in [-0.2, 0) is 24.3 Å². The van der Waals surface area contributed by atoms with Crippen LogP contribution in [0.2, 0.25) is 0 Å². The molecule has 3 aromatic rings. The number of rotatable bonds is 6. The number of aryl methyl sites for hydroxylation is 1. The fraction of sp³-hybridized carbons (Fsp3) is 0.440. The Labute approximate surface area is 197 Å². The van der Waals surface area contributed by atoms with Gasteiger partial charge in [-0.2, -0.15) is 0 Å². The summed E-state index contributed by atoms with van der Waals surface area (Å²) in [5, 5.41) is 7.28. The summed E-state index contributed by atoms with van der Waals surface area (Å²) < 4.78 is 15.4. The minimum atomic E-state index is -0.334. The van der Waals surface area contributed by atoms with Crippen LogP contribution in [0.4, 0.5) is 10.2 Å². The minimum absolute atomic E-state index is 0.00720. The van der Waals surface area contributed by atoms with E-state index in [0.717, 1.165) is 49.1 Å². The fourth-order valence-electron chi connectivity index (χ4n) is 4.90. The second-order valence-corrected chi connectivity index (χ2v) is 9.12. The van der Waals surface area contributed by atoms with E-state index in [2.05, 4.69) is 25.5 Å². The average molecular weight is 465 g/mol. The second kappa shape index (κ2) is 9.60. The first-order valence-corrected chi connectivity index (χ1v) is 11.9. The highest BCUT2D eigenvalue weighted by Crippen LogP contribution is 2.23. The van der Waals surface area contributed by atoms with Crippen LogP contribution in [0.25, 0.3) is 10.9 Å². The topological polar surface area (TPSA) is 92.2 Å². The summed E-state index contributed by atoms with van der Waals surface area (Å²) in [5.41, 5.74) is 2.50. The van der Waals surface area contributed by atoms with E-state index in [1.165, 1.54) is 12.1 Å². The maximum absolute atomic E-state index is 13.7. The van der Waals surface area contributed by atoms with Crippen LogP contribution in [-0.4, -0.2) is 51.0 Å². The van der Waals surface area contributed by atoms with Crippen molar-refractivity contribution in [2.75, 3.05) is 25.0 Å². The molecule has 0 radical (unpaired) electrons. The largest absolute Gasteiger partial charge is 0.310 e. The van der Waals surface area contributed by atoms with E-state index < -0.39 is 0 Å². The van der Waals surface area contributed by atoms with Gasteiger partial charge >= 0.3 is 0 Å². The first kappa shape index (κ1) is 22.6. The zero-order valence-corrected chi connectivity index (χ0v) is 19.3. The van der Waals surface area contributed by atoms with Gasteiger partial charge in [-0.1, -0.05) is 0 Å². The number of piperidine rings is 1. The van der Waals surface area contributed by atoms with E-state index in [1.807, 2.05) is 6.92 Å². The van der Waals surface area contributed by atoms with Crippen molar-refractivity contribution in [3.05, 3.63) is 63.6 Å². The molecule has 1 amide bonds. The van der Waals surface area contributed by atoms with Gasteiger partial charge in [-0.15, -0.1) is 0 Å². The summed E-state index contributed by atoms with van der Waals surface area (Å²) in [6.07, 6.45) is 3.15. The zero-order chi connectivity index (χ0) is 23.7.